The second kappa shape index (κ2) is 7.24. The number of aromatic nitrogens is 1. The molecule has 5 heteroatoms. The van der Waals surface area contributed by atoms with Crippen molar-refractivity contribution >= 4 is 11.6 Å². The summed E-state index contributed by atoms with van der Waals surface area (Å²) in [6.45, 7) is 5.25. The molecule has 1 fully saturated rings. The molecule has 1 aliphatic rings. The molecule has 20 heavy (non-hydrogen) atoms. The van der Waals surface area contributed by atoms with Crippen molar-refractivity contribution in [3.05, 3.63) is 24.0 Å². The van der Waals surface area contributed by atoms with Gasteiger partial charge in [-0.3, -0.25) is 9.78 Å². The van der Waals surface area contributed by atoms with Crippen molar-refractivity contribution in [3.63, 3.8) is 0 Å². The molecule has 0 aliphatic carbocycles. The van der Waals surface area contributed by atoms with Crippen LogP contribution in [0.1, 0.15) is 30.1 Å². The van der Waals surface area contributed by atoms with Crippen molar-refractivity contribution in [3.8, 4) is 0 Å². The fourth-order valence-corrected chi connectivity index (χ4v) is 2.54. The van der Waals surface area contributed by atoms with Gasteiger partial charge in [0.1, 0.15) is 0 Å². The Morgan fingerprint density at radius 2 is 2.45 bits per heavy atom. The van der Waals surface area contributed by atoms with Crippen LogP contribution in [0.2, 0.25) is 0 Å². The van der Waals surface area contributed by atoms with Crippen molar-refractivity contribution in [2.24, 2.45) is 5.92 Å². The maximum Gasteiger partial charge on any atom is 0.256 e. The first-order valence-corrected chi connectivity index (χ1v) is 7.22. The molecule has 1 unspecified atom stereocenters. The summed E-state index contributed by atoms with van der Waals surface area (Å²) < 4.78 is 5.18. The number of ether oxygens (including phenoxy) is 1. The molecule has 0 saturated carbocycles. The summed E-state index contributed by atoms with van der Waals surface area (Å²) in [5, 5.41) is 3.27. The van der Waals surface area contributed by atoms with Crippen LogP contribution in [-0.4, -0.2) is 49.1 Å². The van der Waals surface area contributed by atoms with E-state index in [1.807, 2.05) is 4.90 Å². The van der Waals surface area contributed by atoms with E-state index in [1.54, 1.807) is 25.6 Å². The van der Waals surface area contributed by atoms with E-state index in [4.69, 9.17) is 4.74 Å². The van der Waals surface area contributed by atoms with Gasteiger partial charge in [-0.05, 0) is 18.9 Å². The van der Waals surface area contributed by atoms with Crippen LogP contribution in [0.15, 0.2) is 18.5 Å². The van der Waals surface area contributed by atoms with E-state index in [0.717, 1.165) is 44.8 Å². The van der Waals surface area contributed by atoms with Crippen molar-refractivity contribution < 1.29 is 9.53 Å². The van der Waals surface area contributed by atoms with Gasteiger partial charge in [0.15, 0.2) is 0 Å². The number of hydrogen-bond acceptors (Lipinski definition) is 4. The Hall–Kier alpha value is -1.62. The lowest BCUT2D eigenvalue weighted by molar-refractivity contribution is 0.0776. The summed E-state index contributed by atoms with van der Waals surface area (Å²) >= 11 is 0. The highest BCUT2D eigenvalue weighted by Crippen LogP contribution is 2.22. The topological polar surface area (TPSA) is 54.5 Å². The summed E-state index contributed by atoms with van der Waals surface area (Å²) in [6, 6.07) is 1.80. The quantitative estimate of drug-likeness (QED) is 0.864. The summed E-state index contributed by atoms with van der Waals surface area (Å²) in [4.78, 5) is 18.6. The number of carbonyl (C=O) groups is 1. The van der Waals surface area contributed by atoms with Gasteiger partial charge in [0, 0.05) is 38.9 Å². The van der Waals surface area contributed by atoms with Gasteiger partial charge >= 0.3 is 0 Å². The van der Waals surface area contributed by atoms with Crippen molar-refractivity contribution in [2.75, 3.05) is 38.7 Å². The molecule has 0 radical (unpaired) electrons. The van der Waals surface area contributed by atoms with E-state index >= 15 is 0 Å². The third-order valence-corrected chi connectivity index (χ3v) is 3.59. The monoisotopic (exact) mass is 277 g/mol. The third kappa shape index (κ3) is 3.48. The number of nitrogens with one attached hydrogen (secondary N) is 1. The average Bonchev–Trinajstić information content (AvgIpc) is 2.94. The Morgan fingerprint density at radius 1 is 1.60 bits per heavy atom. The predicted octanol–water partition coefficient (Wildman–Crippen LogP) is 2.01. The Bertz CT molecular complexity index is 450. The van der Waals surface area contributed by atoms with Gasteiger partial charge in [0.25, 0.3) is 5.91 Å². The first-order valence-electron chi connectivity index (χ1n) is 7.22. The summed E-state index contributed by atoms with van der Waals surface area (Å²) in [5.41, 5.74) is 1.54. The minimum atomic E-state index is 0.0876. The number of likely N-dealkylation sites (tertiary alicyclic amines) is 1. The van der Waals surface area contributed by atoms with Crippen LogP contribution in [0, 0.1) is 5.92 Å². The van der Waals surface area contributed by atoms with E-state index in [0.29, 0.717) is 11.5 Å². The maximum atomic E-state index is 12.6. The minimum absolute atomic E-state index is 0.0876. The molecule has 1 saturated heterocycles. The largest absolute Gasteiger partial charge is 0.384 e. The fourth-order valence-electron chi connectivity index (χ4n) is 2.54. The van der Waals surface area contributed by atoms with Crippen LogP contribution < -0.4 is 5.32 Å². The van der Waals surface area contributed by atoms with Crippen molar-refractivity contribution in [1.29, 1.82) is 0 Å². The first kappa shape index (κ1) is 14.8. The van der Waals surface area contributed by atoms with Gasteiger partial charge in [0.2, 0.25) is 0 Å². The molecule has 1 amide bonds. The van der Waals surface area contributed by atoms with E-state index in [-0.39, 0.29) is 5.91 Å². The lowest BCUT2D eigenvalue weighted by Crippen LogP contribution is -2.30. The van der Waals surface area contributed by atoms with Gasteiger partial charge < -0.3 is 15.0 Å². The molecule has 2 heterocycles. The number of amides is 1. The van der Waals surface area contributed by atoms with E-state index in [2.05, 4.69) is 17.2 Å². The standard InChI is InChI=1S/C15H23N3O2/c1-3-6-17-14-9-16-7-4-13(14)15(19)18-8-5-12(10-18)11-20-2/h4,7,9,12,17H,3,5-6,8,10-11H2,1-2H3. The molecule has 0 spiro atoms. The minimum Gasteiger partial charge on any atom is -0.384 e. The molecule has 1 N–H and O–H groups in total. The number of carbonyl (C=O) groups excluding carboxylic acids is 1. The number of anilines is 1. The van der Waals surface area contributed by atoms with Gasteiger partial charge in [-0.1, -0.05) is 6.92 Å². The smallest absolute Gasteiger partial charge is 0.256 e. The lowest BCUT2D eigenvalue weighted by atomic mass is 10.1. The highest BCUT2D eigenvalue weighted by Gasteiger charge is 2.27. The highest BCUT2D eigenvalue weighted by molar-refractivity contribution is 5.99. The molecule has 2 rings (SSSR count). The zero-order valence-corrected chi connectivity index (χ0v) is 12.3. The molecular formula is C15H23N3O2. The Morgan fingerprint density at radius 3 is 3.20 bits per heavy atom. The van der Waals surface area contributed by atoms with E-state index in [9.17, 15) is 4.79 Å². The molecule has 1 aliphatic heterocycles. The normalized spacial score (nSPS) is 18.3. The zero-order chi connectivity index (χ0) is 14.4. The SMILES string of the molecule is CCCNc1cnccc1C(=O)N1CCC(COC)C1. The zero-order valence-electron chi connectivity index (χ0n) is 12.3. The molecule has 1 aromatic rings. The number of rotatable bonds is 6. The number of hydrogen-bond donors (Lipinski definition) is 1. The van der Waals surface area contributed by atoms with Gasteiger partial charge in [0.05, 0.1) is 24.1 Å². The number of methoxy groups -OCH3 is 1. The van der Waals surface area contributed by atoms with E-state index in [1.165, 1.54) is 0 Å². The average molecular weight is 277 g/mol. The Labute approximate surface area is 120 Å². The third-order valence-electron chi connectivity index (χ3n) is 3.59. The maximum absolute atomic E-state index is 12.6. The second-order valence-electron chi connectivity index (χ2n) is 5.21. The molecule has 1 atom stereocenters. The van der Waals surface area contributed by atoms with Crippen LogP contribution in [0.25, 0.3) is 0 Å². The molecule has 110 valence electrons. The first-order chi connectivity index (χ1) is 9.76. The highest BCUT2D eigenvalue weighted by atomic mass is 16.5. The lowest BCUT2D eigenvalue weighted by Gasteiger charge is -2.18. The molecule has 0 bridgehead atoms. The van der Waals surface area contributed by atoms with Crippen LogP contribution in [0.5, 0.6) is 0 Å². The van der Waals surface area contributed by atoms with Crippen molar-refractivity contribution in [2.45, 2.75) is 19.8 Å². The van der Waals surface area contributed by atoms with Crippen LogP contribution in [-0.2, 0) is 4.74 Å². The summed E-state index contributed by atoms with van der Waals surface area (Å²) in [6.07, 6.45) is 5.43. The predicted molar refractivity (Wildman–Crippen MR) is 78.9 cm³/mol. The van der Waals surface area contributed by atoms with Crippen LogP contribution >= 0.6 is 0 Å². The molecule has 5 nitrogen and oxygen atoms in total. The van der Waals surface area contributed by atoms with Gasteiger partial charge in [-0.2, -0.15) is 0 Å². The summed E-state index contributed by atoms with van der Waals surface area (Å²) in [5.74, 6) is 0.544. The van der Waals surface area contributed by atoms with Gasteiger partial charge in [-0.25, -0.2) is 0 Å². The molecule has 0 aromatic carbocycles. The van der Waals surface area contributed by atoms with Gasteiger partial charge in [-0.15, -0.1) is 0 Å². The van der Waals surface area contributed by atoms with Crippen molar-refractivity contribution in [1.82, 2.24) is 9.88 Å². The molecule has 1 aromatic heterocycles. The summed E-state index contributed by atoms with van der Waals surface area (Å²) in [7, 11) is 1.71. The fraction of sp³-hybridized carbons (Fsp3) is 0.600. The molecular weight excluding hydrogens is 254 g/mol. The second-order valence-corrected chi connectivity index (χ2v) is 5.21. The Kier molecular flexibility index (Phi) is 5.35. The van der Waals surface area contributed by atoms with Crippen LogP contribution in [0.3, 0.4) is 0 Å². The number of nitrogens with zero attached hydrogens (tertiary/aromatic N) is 2. The van der Waals surface area contributed by atoms with E-state index < -0.39 is 0 Å². The number of pyridine rings is 1. The van der Waals surface area contributed by atoms with Crippen LogP contribution in [0.4, 0.5) is 5.69 Å². The Balaban J connectivity index is 2.05.